The Labute approximate surface area is 153 Å². The third-order valence-corrected chi connectivity index (χ3v) is 5.10. The summed E-state index contributed by atoms with van der Waals surface area (Å²) in [5.41, 5.74) is 2.73. The second kappa shape index (κ2) is 7.32. The van der Waals surface area contributed by atoms with E-state index in [4.69, 9.17) is 4.98 Å². The Kier molecular flexibility index (Phi) is 4.73. The monoisotopic (exact) mass is 352 g/mol. The lowest BCUT2D eigenvalue weighted by Gasteiger charge is -2.22. The molecule has 2 aromatic rings. The Hall–Kier alpha value is -2.63. The Morgan fingerprint density at radius 2 is 2.19 bits per heavy atom. The number of aryl methyl sites for hydroxylation is 2. The van der Waals surface area contributed by atoms with Crippen LogP contribution >= 0.6 is 0 Å². The molecule has 2 amide bonds. The molecule has 4 rings (SSSR count). The molecule has 1 aromatic heterocycles. The van der Waals surface area contributed by atoms with Gasteiger partial charge in [0.15, 0.2) is 0 Å². The van der Waals surface area contributed by atoms with Gasteiger partial charge in [-0.2, -0.15) is 0 Å². The van der Waals surface area contributed by atoms with Crippen molar-refractivity contribution >= 4 is 17.5 Å². The van der Waals surface area contributed by atoms with Crippen molar-refractivity contribution in [2.75, 3.05) is 5.32 Å². The number of aromatic nitrogens is 2. The molecule has 1 saturated heterocycles. The van der Waals surface area contributed by atoms with Crippen LogP contribution in [-0.2, 0) is 22.6 Å². The predicted molar refractivity (Wildman–Crippen MR) is 99.6 cm³/mol. The van der Waals surface area contributed by atoms with E-state index in [1.165, 1.54) is 12.8 Å². The molecule has 1 aromatic carbocycles. The minimum Gasteiger partial charge on any atom is -0.353 e. The summed E-state index contributed by atoms with van der Waals surface area (Å²) in [6.07, 6.45) is 8.13. The zero-order valence-electron chi connectivity index (χ0n) is 14.8. The van der Waals surface area contributed by atoms with Gasteiger partial charge in [-0.15, -0.1) is 0 Å². The molecule has 0 aliphatic carbocycles. The number of amides is 2. The Bertz CT molecular complexity index is 803. The molecule has 0 radical (unpaired) electrons. The minimum atomic E-state index is -0.0708. The van der Waals surface area contributed by atoms with Crippen molar-refractivity contribution in [1.29, 1.82) is 0 Å². The molecule has 6 heteroatoms. The zero-order valence-corrected chi connectivity index (χ0v) is 14.8. The van der Waals surface area contributed by atoms with Gasteiger partial charge in [0.1, 0.15) is 5.82 Å². The van der Waals surface area contributed by atoms with Gasteiger partial charge in [0, 0.05) is 49.3 Å². The summed E-state index contributed by atoms with van der Waals surface area (Å²) in [4.78, 5) is 28.5. The molecule has 1 atom stereocenters. The smallest absolute Gasteiger partial charge is 0.226 e. The van der Waals surface area contributed by atoms with Gasteiger partial charge in [0.05, 0.1) is 5.69 Å². The van der Waals surface area contributed by atoms with E-state index in [0.29, 0.717) is 12.8 Å². The first kappa shape index (κ1) is 16.8. The zero-order chi connectivity index (χ0) is 17.9. The quantitative estimate of drug-likeness (QED) is 0.888. The molecule has 0 bridgehead atoms. The van der Waals surface area contributed by atoms with Crippen LogP contribution in [0.3, 0.4) is 0 Å². The standard InChI is InChI=1S/C20H24N4O2/c25-19-9-4-7-16(21-19)12-20(26)22-15-6-3-5-14(11-15)17-13-24-10-2-1-8-18(24)23-17/h3,5-6,11,13,16H,1-2,4,7-10,12H2,(H,21,25)(H,22,26). The van der Waals surface area contributed by atoms with Crippen LogP contribution in [0.4, 0.5) is 5.69 Å². The van der Waals surface area contributed by atoms with E-state index in [0.717, 1.165) is 48.6 Å². The molecule has 1 fully saturated rings. The molecular formula is C20H24N4O2. The van der Waals surface area contributed by atoms with Crippen molar-refractivity contribution in [1.82, 2.24) is 14.9 Å². The van der Waals surface area contributed by atoms with Gasteiger partial charge >= 0.3 is 0 Å². The van der Waals surface area contributed by atoms with Crippen molar-refractivity contribution in [3.8, 4) is 11.3 Å². The van der Waals surface area contributed by atoms with E-state index in [9.17, 15) is 9.59 Å². The SMILES string of the molecule is O=C(CC1CCCC(=O)N1)Nc1cccc(-c2cn3c(n2)CCCC3)c1. The predicted octanol–water partition coefficient (Wildman–Crippen LogP) is 2.88. The Morgan fingerprint density at radius 3 is 3.04 bits per heavy atom. The highest BCUT2D eigenvalue weighted by atomic mass is 16.2. The number of benzene rings is 1. The summed E-state index contributed by atoms with van der Waals surface area (Å²) in [5, 5.41) is 5.84. The summed E-state index contributed by atoms with van der Waals surface area (Å²) in [5.74, 6) is 1.12. The molecule has 26 heavy (non-hydrogen) atoms. The maximum absolute atomic E-state index is 12.3. The third-order valence-electron chi connectivity index (χ3n) is 5.10. The number of imidazole rings is 1. The van der Waals surface area contributed by atoms with Crippen molar-refractivity contribution in [2.24, 2.45) is 0 Å². The van der Waals surface area contributed by atoms with Crippen LogP contribution in [0.5, 0.6) is 0 Å². The molecule has 2 aliphatic heterocycles. The summed E-state index contributed by atoms with van der Waals surface area (Å²) >= 11 is 0. The van der Waals surface area contributed by atoms with Crippen molar-refractivity contribution in [3.63, 3.8) is 0 Å². The van der Waals surface area contributed by atoms with Crippen molar-refractivity contribution < 1.29 is 9.59 Å². The molecule has 2 N–H and O–H groups in total. The van der Waals surface area contributed by atoms with E-state index in [-0.39, 0.29) is 17.9 Å². The lowest BCUT2D eigenvalue weighted by Crippen LogP contribution is -2.40. The minimum absolute atomic E-state index is 0.0415. The van der Waals surface area contributed by atoms with Crippen molar-refractivity contribution in [2.45, 2.75) is 57.5 Å². The molecule has 136 valence electrons. The molecule has 0 saturated carbocycles. The fourth-order valence-electron chi connectivity index (χ4n) is 3.78. The number of hydrogen-bond donors (Lipinski definition) is 2. The van der Waals surface area contributed by atoms with E-state index >= 15 is 0 Å². The van der Waals surface area contributed by atoms with E-state index in [2.05, 4.69) is 21.4 Å². The van der Waals surface area contributed by atoms with Gasteiger partial charge in [-0.05, 0) is 37.8 Å². The topological polar surface area (TPSA) is 76.0 Å². The number of nitrogens with one attached hydrogen (secondary N) is 2. The van der Waals surface area contributed by atoms with Crippen LogP contribution in [-0.4, -0.2) is 27.4 Å². The number of anilines is 1. The van der Waals surface area contributed by atoms with E-state index in [1.54, 1.807) is 0 Å². The molecule has 6 nitrogen and oxygen atoms in total. The van der Waals surface area contributed by atoms with E-state index < -0.39 is 0 Å². The maximum Gasteiger partial charge on any atom is 0.226 e. The largest absolute Gasteiger partial charge is 0.353 e. The van der Waals surface area contributed by atoms with Crippen LogP contribution in [0.25, 0.3) is 11.3 Å². The van der Waals surface area contributed by atoms with Crippen LogP contribution in [0, 0.1) is 0 Å². The van der Waals surface area contributed by atoms with Gasteiger partial charge in [0.25, 0.3) is 0 Å². The maximum atomic E-state index is 12.3. The number of fused-ring (bicyclic) bond motifs is 1. The summed E-state index contributed by atoms with van der Waals surface area (Å²) in [6.45, 7) is 1.03. The Morgan fingerprint density at radius 1 is 1.27 bits per heavy atom. The van der Waals surface area contributed by atoms with Crippen LogP contribution in [0.15, 0.2) is 30.5 Å². The average molecular weight is 352 g/mol. The summed E-state index contributed by atoms with van der Waals surface area (Å²) in [6, 6.07) is 7.75. The van der Waals surface area contributed by atoms with Gasteiger partial charge in [-0.25, -0.2) is 4.98 Å². The number of piperidine rings is 1. The van der Waals surface area contributed by atoms with Crippen LogP contribution < -0.4 is 10.6 Å². The molecule has 3 heterocycles. The fourth-order valence-corrected chi connectivity index (χ4v) is 3.78. The highest BCUT2D eigenvalue weighted by molar-refractivity contribution is 5.92. The third kappa shape index (κ3) is 3.79. The van der Waals surface area contributed by atoms with Crippen molar-refractivity contribution in [3.05, 3.63) is 36.3 Å². The van der Waals surface area contributed by atoms with Crippen LogP contribution in [0.1, 0.15) is 44.3 Å². The highest BCUT2D eigenvalue weighted by Gasteiger charge is 2.21. The molecular weight excluding hydrogens is 328 g/mol. The van der Waals surface area contributed by atoms with Gasteiger partial charge in [-0.3, -0.25) is 9.59 Å². The first-order valence-electron chi connectivity index (χ1n) is 9.43. The fraction of sp³-hybridized carbons (Fsp3) is 0.450. The number of hydrogen-bond acceptors (Lipinski definition) is 3. The summed E-state index contributed by atoms with van der Waals surface area (Å²) in [7, 11) is 0. The Balaban J connectivity index is 1.43. The average Bonchev–Trinajstić information content (AvgIpc) is 3.06. The van der Waals surface area contributed by atoms with Gasteiger partial charge in [-0.1, -0.05) is 12.1 Å². The number of rotatable bonds is 4. The van der Waals surface area contributed by atoms with E-state index in [1.807, 2.05) is 24.3 Å². The second-order valence-electron chi connectivity index (χ2n) is 7.18. The molecule has 1 unspecified atom stereocenters. The molecule has 0 spiro atoms. The first-order valence-corrected chi connectivity index (χ1v) is 9.43. The normalized spacial score (nSPS) is 19.5. The van der Waals surface area contributed by atoms with Gasteiger partial charge in [0.2, 0.25) is 11.8 Å². The number of nitrogens with zero attached hydrogens (tertiary/aromatic N) is 2. The second-order valence-corrected chi connectivity index (χ2v) is 7.18. The summed E-state index contributed by atoms with van der Waals surface area (Å²) < 4.78 is 2.23. The number of carbonyl (C=O) groups is 2. The number of carbonyl (C=O) groups excluding carboxylic acids is 2. The lowest BCUT2D eigenvalue weighted by atomic mass is 10.0. The first-order chi connectivity index (χ1) is 12.7. The molecule has 2 aliphatic rings. The van der Waals surface area contributed by atoms with Gasteiger partial charge < -0.3 is 15.2 Å². The van der Waals surface area contributed by atoms with Crippen LogP contribution in [0.2, 0.25) is 0 Å². The lowest BCUT2D eigenvalue weighted by molar-refractivity contribution is -0.124. The highest BCUT2D eigenvalue weighted by Crippen LogP contribution is 2.25.